The summed E-state index contributed by atoms with van der Waals surface area (Å²) in [7, 11) is 1.62. The van der Waals surface area contributed by atoms with E-state index < -0.39 is 11.6 Å². The molecule has 1 saturated carbocycles. The van der Waals surface area contributed by atoms with Crippen LogP contribution in [0.5, 0.6) is 0 Å². The van der Waals surface area contributed by atoms with Crippen molar-refractivity contribution in [1.82, 2.24) is 5.32 Å². The first-order valence-electron chi connectivity index (χ1n) is 7.51. The Morgan fingerprint density at radius 3 is 2.52 bits per heavy atom. The van der Waals surface area contributed by atoms with Gasteiger partial charge in [0.1, 0.15) is 11.6 Å². The first kappa shape index (κ1) is 16.7. The van der Waals surface area contributed by atoms with Gasteiger partial charge in [-0.05, 0) is 36.5 Å². The second-order valence-electron chi connectivity index (χ2n) is 5.52. The summed E-state index contributed by atoms with van der Waals surface area (Å²) in [5.41, 5.74) is 0.631. The van der Waals surface area contributed by atoms with E-state index in [1.165, 1.54) is 49.6 Å². The van der Waals surface area contributed by atoms with E-state index in [1.807, 2.05) is 0 Å². The molecule has 1 aromatic carbocycles. The molecule has 1 aliphatic carbocycles. The van der Waals surface area contributed by atoms with Gasteiger partial charge in [0.2, 0.25) is 0 Å². The number of ether oxygens (including phenoxy) is 1. The van der Waals surface area contributed by atoms with Crippen LogP contribution < -0.4 is 5.32 Å². The monoisotopic (exact) mass is 315 g/mol. The van der Waals surface area contributed by atoms with E-state index in [1.54, 1.807) is 7.11 Å². The van der Waals surface area contributed by atoms with Crippen LogP contribution in [0.15, 0.2) is 17.0 Å². The molecule has 0 heterocycles. The minimum absolute atomic E-state index is 0.169. The minimum Gasteiger partial charge on any atom is -0.383 e. The van der Waals surface area contributed by atoms with E-state index in [-0.39, 0.29) is 4.90 Å². The maximum absolute atomic E-state index is 14.0. The van der Waals surface area contributed by atoms with Crippen molar-refractivity contribution in [3.05, 3.63) is 29.3 Å². The molecule has 118 valence electrons. The lowest BCUT2D eigenvalue weighted by atomic mass is 10.1. The van der Waals surface area contributed by atoms with Crippen molar-refractivity contribution >= 4 is 11.8 Å². The molecule has 2 nitrogen and oxygen atoms in total. The van der Waals surface area contributed by atoms with Crippen LogP contribution in [-0.4, -0.2) is 26.0 Å². The molecule has 21 heavy (non-hydrogen) atoms. The SMILES string of the molecule is COCCNCc1cc(F)c(SCC2CCCC2)c(F)c1. The van der Waals surface area contributed by atoms with Crippen LogP contribution in [0.2, 0.25) is 0 Å². The zero-order chi connectivity index (χ0) is 15.1. The Kier molecular flexibility index (Phi) is 6.93. The van der Waals surface area contributed by atoms with Crippen LogP contribution in [0.4, 0.5) is 8.78 Å². The third kappa shape index (κ3) is 5.24. The fourth-order valence-electron chi connectivity index (χ4n) is 2.64. The highest BCUT2D eigenvalue weighted by molar-refractivity contribution is 7.99. The van der Waals surface area contributed by atoms with Gasteiger partial charge in [-0.3, -0.25) is 0 Å². The third-order valence-electron chi connectivity index (χ3n) is 3.81. The summed E-state index contributed by atoms with van der Waals surface area (Å²) in [4.78, 5) is 0.169. The zero-order valence-corrected chi connectivity index (χ0v) is 13.3. The van der Waals surface area contributed by atoms with Crippen molar-refractivity contribution in [1.29, 1.82) is 0 Å². The second kappa shape index (κ2) is 8.71. The Morgan fingerprint density at radius 2 is 1.90 bits per heavy atom. The largest absolute Gasteiger partial charge is 0.383 e. The van der Waals surface area contributed by atoms with E-state index in [9.17, 15) is 8.78 Å². The fraction of sp³-hybridized carbons (Fsp3) is 0.625. The van der Waals surface area contributed by atoms with E-state index in [4.69, 9.17) is 4.74 Å². The van der Waals surface area contributed by atoms with E-state index in [2.05, 4.69) is 5.32 Å². The molecule has 0 aromatic heterocycles. The number of nitrogens with one attached hydrogen (secondary N) is 1. The summed E-state index contributed by atoms with van der Waals surface area (Å²) >= 11 is 1.32. The standard InChI is InChI=1S/C16H23F2NOS/c1-20-7-6-19-10-13-8-14(17)16(15(18)9-13)21-11-12-4-2-3-5-12/h8-9,12,19H,2-7,10-11H2,1H3. The highest BCUT2D eigenvalue weighted by atomic mass is 32.2. The topological polar surface area (TPSA) is 21.3 Å². The van der Waals surface area contributed by atoms with E-state index in [0.717, 1.165) is 5.75 Å². The summed E-state index contributed by atoms with van der Waals surface area (Å²) in [5.74, 6) is 0.548. The number of halogens is 2. The molecular formula is C16H23F2NOS. The third-order valence-corrected chi connectivity index (χ3v) is 5.13. The predicted molar refractivity (Wildman–Crippen MR) is 82.6 cm³/mol. The Balaban J connectivity index is 1.89. The van der Waals surface area contributed by atoms with Gasteiger partial charge in [-0.15, -0.1) is 11.8 Å². The van der Waals surface area contributed by atoms with Crippen LogP contribution >= 0.6 is 11.8 Å². The molecule has 0 amide bonds. The van der Waals surface area contributed by atoms with Crippen LogP contribution in [0.25, 0.3) is 0 Å². The van der Waals surface area contributed by atoms with Gasteiger partial charge in [0.25, 0.3) is 0 Å². The Bertz CT molecular complexity index is 427. The lowest BCUT2D eigenvalue weighted by molar-refractivity contribution is 0.199. The molecule has 2 rings (SSSR count). The summed E-state index contributed by atoms with van der Waals surface area (Å²) in [5, 5.41) is 3.09. The Hall–Kier alpha value is -0.650. The van der Waals surface area contributed by atoms with Gasteiger partial charge < -0.3 is 10.1 Å². The zero-order valence-electron chi connectivity index (χ0n) is 12.5. The molecule has 0 aliphatic heterocycles. The van der Waals surface area contributed by atoms with Crippen molar-refractivity contribution < 1.29 is 13.5 Å². The van der Waals surface area contributed by atoms with Crippen LogP contribution in [0.3, 0.4) is 0 Å². The van der Waals surface area contributed by atoms with Crippen molar-refractivity contribution in [2.24, 2.45) is 5.92 Å². The second-order valence-corrected chi connectivity index (χ2v) is 6.55. The molecule has 0 radical (unpaired) electrons. The summed E-state index contributed by atoms with van der Waals surface area (Å²) in [6.45, 7) is 1.70. The van der Waals surface area contributed by atoms with Gasteiger partial charge in [0.05, 0.1) is 11.5 Å². The molecule has 1 fully saturated rings. The summed E-state index contributed by atoms with van der Waals surface area (Å²) < 4.78 is 33.0. The average Bonchev–Trinajstić information content (AvgIpc) is 2.96. The smallest absolute Gasteiger partial charge is 0.140 e. The van der Waals surface area contributed by atoms with Crippen LogP contribution in [0, 0.1) is 17.6 Å². The number of hydrogen-bond acceptors (Lipinski definition) is 3. The molecule has 1 aliphatic rings. The first-order chi connectivity index (χ1) is 10.2. The van der Waals surface area contributed by atoms with Crippen LogP contribution in [-0.2, 0) is 11.3 Å². The maximum Gasteiger partial charge on any atom is 0.140 e. The minimum atomic E-state index is -0.443. The summed E-state index contributed by atoms with van der Waals surface area (Å²) in [6.07, 6.45) is 4.89. The van der Waals surface area contributed by atoms with Crippen molar-refractivity contribution in [2.45, 2.75) is 37.1 Å². The average molecular weight is 315 g/mol. The number of hydrogen-bond donors (Lipinski definition) is 1. The van der Waals surface area contributed by atoms with Gasteiger partial charge in [-0.2, -0.15) is 0 Å². The fourth-order valence-corrected chi connectivity index (χ4v) is 3.77. The number of rotatable bonds is 8. The van der Waals surface area contributed by atoms with Gasteiger partial charge in [0, 0.05) is 26.0 Å². The quantitative estimate of drug-likeness (QED) is 0.579. The molecular weight excluding hydrogens is 292 g/mol. The lowest BCUT2D eigenvalue weighted by Crippen LogP contribution is -2.18. The number of methoxy groups -OCH3 is 1. The van der Waals surface area contributed by atoms with E-state index in [0.29, 0.717) is 31.2 Å². The van der Waals surface area contributed by atoms with Crippen molar-refractivity contribution in [2.75, 3.05) is 26.0 Å². The maximum atomic E-state index is 14.0. The molecule has 0 atom stereocenters. The highest BCUT2D eigenvalue weighted by Gasteiger charge is 2.18. The summed E-state index contributed by atoms with van der Waals surface area (Å²) in [6, 6.07) is 2.86. The predicted octanol–water partition coefficient (Wildman–Crippen LogP) is 3.98. The molecule has 1 aromatic rings. The number of benzene rings is 1. The van der Waals surface area contributed by atoms with Crippen molar-refractivity contribution in [3.63, 3.8) is 0 Å². The molecule has 0 bridgehead atoms. The highest BCUT2D eigenvalue weighted by Crippen LogP contribution is 2.33. The molecule has 0 saturated heterocycles. The lowest BCUT2D eigenvalue weighted by Gasteiger charge is -2.11. The molecule has 0 spiro atoms. The number of thioether (sulfide) groups is 1. The van der Waals surface area contributed by atoms with Gasteiger partial charge in [-0.1, -0.05) is 12.8 Å². The Morgan fingerprint density at radius 1 is 1.24 bits per heavy atom. The van der Waals surface area contributed by atoms with E-state index >= 15 is 0 Å². The van der Waals surface area contributed by atoms with Gasteiger partial charge >= 0.3 is 0 Å². The first-order valence-corrected chi connectivity index (χ1v) is 8.49. The van der Waals surface area contributed by atoms with Gasteiger partial charge in [0.15, 0.2) is 0 Å². The van der Waals surface area contributed by atoms with Crippen molar-refractivity contribution in [3.8, 4) is 0 Å². The molecule has 1 N–H and O–H groups in total. The van der Waals surface area contributed by atoms with Gasteiger partial charge in [-0.25, -0.2) is 8.78 Å². The molecule has 5 heteroatoms. The normalized spacial score (nSPS) is 15.8. The molecule has 0 unspecified atom stereocenters. The Labute approximate surface area is 129 Å². The van der Waals surface area contributed by atoms with Crippen LogP contribution in [0.1, 0.15) is 31.2 Å².